The van der Waals surface area contributed by atoms with Crippen LogP contribution in [0.15, 0.2) is 0 Å². The van der Waals surface area contributed by atoms with Crippen molar-refractivity contribution in [1.29, 1.82) is 0 Å². The molecule has 0 atom stereocenters. The van der Waals surface area contributed by atoms with Crippen molar-refractivity contribution < 1.29 is 29.9 Å². The average molecular weight is 233 g/mol. The molecular weight excluding hydrogens is 226 g/mol. The van der Waals surface area contributed by atoms with Crippen molar-refractivity contribution in [3.63, 3.8) is 0 Å². The number of carbonyl (C=O) groups excluding carboxylic acids is 2. The summed E-state index contributed by atoms with van der Waals surface area (Å²) in [5, 5.41) is 16.7. The third kappa shape index (κ3) is 2.72. The van der Waals surface area contributed by atoms with E-state index in [0.29, 0.717) is 5.01 Å². The molecular formula is C7H7NO6S. The van der Waals surface area contributed by atoms with Gasteiger partial charge in [0.05, 0.1) is 16.3 Å². The number of nitrogens with zero attached hydrogens (tertiary/aromatic N) is 1. The van der Waals surface area contributed by atoms with Crippen molar-refractivity contribution in [2.24, 2.45) is 0 Å². The number of thiazole rings is 1. The summed E-state index contributed by atoms with van der Waals surface area (Å²) in [6.07, 6.45) is -0.313. The maximum atomic E-state index is 11.0. The van der Waals surface area contributed by atoms with Gasteiger partial charge < -0.3 is 4.89 Å². The molecule has 0 aliphatic heterocycles. The van der Waals surface area contributed by atoms with Gasteiger partial charge in [0.1, 0.15) is 0 Å². The summed E-state index contributed by atoms with van der Waals surface area (Å²) in [5.41, 5.74) is -0.162. The van der Waals surface area contributed by atoms with Gasteiger partial charge in [-0.2, -0.15) is 10.5 Å². The van der Waals surface area contributed by atoms with Crippen molar-refractivity contribution in [3.8, 4) is 0 Å². The van der Waals surface area contributed by atoms with E-state index in [1.165, 1.54) is 0 Å². The largest absolute Gasteiger partial charge is 0.392 e. The van der Waals surface area contributed by atoms with E-state index in [9.17, 15) is 9.59 Å². The topological polar surface area (TPSA) is 106 Å². The lowest BCUT2D eigenvalue weighted by Crippen LogP contribution is -2.10. The zero-order chi connectivity index (χ0) is 11.4. The summed E-state index contributed by atoms with van der Waals surface area (Å²) in [7, 11) is 0. The van der Waals surface area contributed by atoms with E-state index in [0.717, 1.165) is 11.3 Å². The summed E-state index contributed by atoms with van der Waals surface area (Å²) >= 11 is 1.07. The van der Waals surface area contributed by atoms with E-state index in [4.69, 9.17) is 10.5 Å². The Labute approximate surface area is 87.7 Å². The van der Waals surface area contributed by atoms with Gasteiger partial charge in [-0.15, -0.1) is 11.3 Å². The van der Waals surface area contributed by atoms with Crippen molar-refractivity contribution in [1.82, 2.24) is 4.98 Å². The van der Waals surface area contributed by atoms with Crippen LogP contribution in [0.3, 0.4) is 0 Å². The molecule has 0 aliphatic carbocycles. The second-order valence-corrected chi connectivity index (χ2v) is 3.81. The molecule has 0 radical (unpaired) electrons. The lowest BCUT2D eigenvalue weighted by Gasteiger charge is -1.96. The number of aryl methyl sites for hydroxylation is 1. The van der Waals surface area contributed by atoms with E-state index >= 15 is 0 Å². The average Bonchev–Trinajstić information content (AvgIpc) is 2.58. The van der Waals surface area contributed by atoms with E-state index in [-0.39, 0.29) is 17.0 Å². The maximum Gasteiger partial charge on any atom is 0.392 e. The molecule has 0 fully saturated rings. The normalized spacial score (nSPS) is 9.80. The Kier molecular flexibility index (Phi) is 3.72. The minimum Gasteiger partial charge on any atom is -0.301 e. The van der Waals surface area contributed by atoms with Crippen molar-refractivity contribution >= 4 is 23.3 Å². The monoisotopic (exact) mass is 233 g/mol. The lowest BCUT2D eigenvalue weighted by atomic mass is 10.3. The number of hydrogen-bond acceptors (Lipinski definition) is 8. The Hall–Kier alpha value is -1.51. The first kappa shape index (κ1) is 11.6. The van der Waals surface area contributed by atoms with Gasteiger partial charge >= 0.3 is 11.9 Å². The highest BCUT2D eigenvalue weighted by Crippen LogP contribution is 2.19. The minimum absolute atomic E-state index is 0.162. The molecule has 1 rings (SSSR count). The lowest BCUT2D eigenvalue weighted by molar-refractivity contribution is -0.233. The van der Waals surface area contributed by atoms with Gasteiger partial charge in [0.15, 0.2) is 5.69 Å². The summed E-state index contributed by atoms with van der Waals surface area (Å²) in [6, 6.07) is 0. The fourth-order valence-electron chi connectivity index (χ4n) is 0.955. The standard InChI is InChI=1S/C7H7NO6S/c1-3-8-6(7(10)14-12)4(15-3)2-5(9)13-11/h11-12H,2H2,1H3. The summed E-state index contributed by atoms with van der Waals surface area (Å²) < 4.78 is 0. The maximum absolute atomic E-state index is 11.0. The second-order valence-electron chi connectivity index (χ2n) is 2.52. The molecule has 0 amide bonds. The van der Waals surface area contributed by atoms with Gasteiger partial charge in [-0.3, -0.25) is 4.89 Å². The Morgan fingerprint density at radius 3 is 2.60 bits per heavy atom. The van der Waals surface area contributed by atoms with Crippen LogP contribution in [0, 0.1) is 6.92 Å². The van der Waals surface area contributed by atoms with Crippen LogP contribution in [0.4, 0.5) is 0 Å². The Balaban J connectivity index is 2.96. The molecule has 7 nitrogen and oxygen atoms in total. The van der Waals surface area contributed by atoms with Gasteiger partial charge in [0.2, 0.25) is 0 Å². The predicted molar refractivity (Wildman–Crippen MR) is 47.3 cm³/mol. The smallest absolute Gasteiger partial charge is 0.301 e. The first-order valence-corrected chi connectivity index (χ1v) is 4.56. The highest BCUT2D eigenvalue weighted by atomic mass is 32.1. The first-order chi connectivity index (χ1) is 7.08. The molecule has 0 aromatic carbocycles. The SMILES string of the molecule is Cc1nc(C(=O)OO)c(CC(=O)OO)s1. The number of carbonyl (C=O) groups is 2. The molecule has 82 valence electrons. The van der Waals surface area contributed by atoms with E-state index < -0.39 is 11.9 Å². The number of aromatic nitrogens is 1. The fourth-order valence-corrected chi connectivity index (χ4v) is 1.86. The van der Waals surface area contributed by atoms with Gasteiger partial charge in [-0.05, 0) is 6.92 Å². The zero-order valence-corrected chi connectivity index (χ0v) is 8.41. The molecule has 1 heterocycles. The third-order valence-corrected chi connectivity index (χ3v) is 2.46. The van der Waals surface area contributed by atoms with Crippen LogP contribution in [0.25, 0.3) is 0 Å². The van der Waals surface area contributed by atoms with Crippen LogP contribution in [0.1, 0.15) is 20.4 Å². The molecule has 0 bridgehead atoms. The van der Waals surface area contributed by atoms with Gasteiger partial charge in [0, 0.05) is 0 Å². The fraction of sp³-hybridized carbons (Fsp3) is 0.286. The molecule has 0 saturated heterocycles. The molecule has 1 aromatic heterocycles. The Morgan fingerprint density at radius 1 is 1.40 bits per heavy atom. The molecule has 1 aromatic rings. The molecule has 0 spiro atoms. The highest BCUT2D eigenvalue weighted by Gasteiger charge is 2.21. The molecule has 0 unspecified atom stereocenters. The second kappa shape index (κ2) is 4.82. The van der Waals surface area contributed by atoms with Crippen molar-refractivity contribution in [2.75, 3.05) is 0 Å². The Bertz CT molecular complexity index is 387. The van der Waals surface area contributed by atoms with Crippen molar-refractivity contribution in [3.05, 3.63) is 15.6 Å². The zero-order valence-electron chi connectivity index (χ0n) is 7.59. The molecule has 2 N–H and O–H groups in total. The summed E-state index contributed by atoms with van der Waals surface area (Å²) in [5.74, 6) is -1.98. The third-order valence-electron chi connectivity index (χ3n) is 1.49. The molecule has 0 saturated carbocycles. The van der Waals surface area contributed by atoms with Crippen LogP contribution in [0.2, 0.25) is 0 Å². The summed E-state index contributed by atoms with van der Waals surface area (Å²) in [4.78, 5) is 32.7. The number of hydrogen-bond donors (Lipinski definition) is 2. The molecule has 8 heteroatoms. The van der Waals surface area contributed by atoms with E-state index in [1.54, 1.807) is 6.92 Å². The van der Waals surface area contributed by atoms with Crippen LogP contribution in [-0.4, -0.2) is 27.4 Å². The van der Waals surface area contributed by atoms with E-state index in [1.807, 2.05) is 0 Å². The van der Waals surface area contributed by atoms with E-state index in [2.05, 4.69) is 14.8 Å². The van der Waals surface area contributed by atoms with Crippen LogP contribution < -0.4 is 0 Å². The van der Waals surface area contributed by atoms with Crippen LogP contribution in [0.5, 0.6) is 0 Å². The number of rotatable bonds is 3. The van der Waals surface area contributed by atoms with Crippen molar-refractivity contribution in [2.45, 2.75) is 13.3 Å². The van der Waals surface area contributed by atoms with Crippen LogP contribution >= 0.6 is 11.3 Å². The van der Waals surface area contributed by atoms with Gasteiger partial charge in [0.25, 0.3) is 0 Å². The Morgan fingerprint density at radius 2 is 2.07 bits per heavy atom. The van der Waals surface area contributed by atoms with Crippen LogP contribution in [-0.2, 0) is 21.0 Å². The van der Waals surface area contributed by atoms with Gasteiger partial charge in [-0.25, -0.2) is 14.6 Å². The summed E-state index contributed by atoms with van der Waals surface area (Å²) in [6.45, 7) is 1.62. The molecule has 0 aliphatic rings. The first-order valence-electron chi connectivity index (χ1n) is 3.74. The minimum atomic E-state index is -1.06. The van der Waals surface area contributed by atoms with Gasteiger partial charge in [-0.1, -0.05) is 0 Å². The highest BCUT2D eigenvalue weighted by molar-refractivity contribution is 7.12. The quantitative estimate of drug-likeness (QED) is 0.582. The predicted octanol–water partition coefficient (Wildman–Crippen LogP) is 0.640. The molecule has 15 heavy (non-hydrogen) atoms.